The number of carbonyl (C=O) groups excluding carboxylic acids is 1. The maximum Gasteiger partial charge on any atom is 0.311 e. The standard InChI is InChI=1S/C19H18N4O6/c1-12(20-11-15-4-3-9-29-15)18-16(10-17(24)28-2)21-22(19(18)25)13-5-7-14(8-6-13)23(26)27/h3-9,21H,10-11H2,1-2H3. The topological polar surface area (TPSA) is 133 Å². The molecule has 0 radical (unpaired) electrons. The summed E-state index contributed by atoms with van der Waals surface area (Å²) >= 11 is 0. The molecule has 0 aliphatic carbocycles. The molecular weight excluding hydrogens is 380 g/mol. The molecule has 10 heteroatoms. The fourth-order valence-corrected chi connectivity index (χ4v) is 2.78. The normalized spacial score (nSPS) is 11.4. The lowest BCUT2D eigenvalue weighted by Crippen LogP contribution is -2.20. The molecule has 0 bridgehead atoms. The molecule has 0 amide bonds. The summed E-state index contributed by atoms with van der Waals surface area (Å²) in [6, 6.07) is 8.97. The Morgan fingerprint density at radius 3 is 2.62 bits per heavy atom. The van der Waals surface area contributed by atoms with E-state index in [1.807, 2.05) is 0 Å². The second kappa shape index (κ2) is 8.38. The molecule has 2 heterocycles. The van der Waals surface area contributed by atoms with Gasteiger partial charge < -0.3 is 9.15 Å². The second-order valence-electron chi connectivity index (χ2n) is 6.11. The molecule has 29 heavy (non-hydrogen) atoms. The van der Waals surface area contributed by atoms with Crippen LogP contribution in [0.1, 0.15) is 23.9 Å². The summed E-state index contributed by atoms with van der Waals surface area (Å²) in [7, 11) is 1.26. The molecule has 3 rings (SSSR count). The number of rotatable bonds is 7. The SMILES string of the molecule is COC(=O)Cc1[nH]n(-c2ccc([N+](=O)[O-])cc2)c(=O)c1C(C)=NCc1ccco1. The molecular formula is C19H18N4O6. The first-order chi connectivity index (χ1) is 13.9. The lowest BCUT2D eigenvalue weighted by atomic mass is 10.1. The van der Waals surface area contributed by atoms with Crippen molar-refractivity contribution in [3.63, 3.8) is 0 Å². The number of nitrogens with zero attached hydrogens (tertiary/aromatic N) is 3. The Bertz CT molecular complexity index is 1110. The van der Waals surface area contributed by atoms with Crippen molar-refractivity contribution < 1.29 is 18.9 Å². The molecule has 0 unspecified atom stereocenters. The van der Waals surface area contributed by atoms with E-state index in [0.717, 1.165) is 0 Å². The van der Waals surface area contributed by atoms with Gasteiger partial charge in [0.1, 0.15) is 5.76 Å². The smallest absolute Gasteiger partial charge is 0.311 e. The molecule has 3 aromatic rings. The Kier molecular flexibility index (Phi) is 5.72. The van der Waals surface area contributed by atoms with Gasteiger partial charge in [0.15, 0.2) is 0 Å². The minimum atomic E-state index is -0.527. The van der Waals surface area contributed by atoms with Crippen LogP contribution < -0.4 is 5.56 Å². The Hall–Kier alpha value is -3.95. The lowest BCUT2D eigenvalue weighted by molar-refractivity contribution is -0.384. The number of nitro benzene ring substituents is 1. The van der Waals surface area contributed by atoms with Crippen LogP contribution in [0.25, 0.3) is 5.69 Å². The first-order valence-electron chi connectivity index (χ1n) is 8.60. The molecule has 1 N–H and O–H groups in total. The molecule has 1 aromatic carbocycles. The highest BCUT2D eigenvalue weighted by atomic mass is 16.6. The number of aromatic nitrogens is 2. The maximum atomic E-state index is 13.0. The highest BCUT2D eigenvalue weighted by molar-refractivity contribution is 6.00. The zero-order chi connectivity index (χ0) is 21.0. The summed E-state index contributed by atoms with van der Waals surface area (Å²) in [6.07, 6.45) is 1.37. The Morgan fingerprint density at radius 2 is 2.03 bits per heavy atom. The first-order valence-corrected chi connectivity index (χ1v) is 8.60. The van der Waals surface area contributed by atoms with Crippen LogP contribution in [0, 0.1) is 10.1 Å². The number of benzene rings is 1. The number of hydrogen-bond donors (Lipinski definition) is 1. The van der Waals surface area contributed by atoms with E-state index in [1.54, 1.807) is 19.1 Å². The molecule has 0 saturated carbocycles. The number of nitro groups is 1. The van der Waals surface area contributed by atoms with E-state index in [9.17, 15) is 19.7 Å². The van der Waals surface area contributed by atoms with E-state index in [-0.39, 0.29) is 24.2 Å². The van der Waals surface area contributed by atoms with Gasteiger partial charge in [-0.2, -0.15) is 0 Å². The van der Waals surface area contributed by atoms with Gasteiger partial charge in [0.2, 0.25) is 0 Å². The van der Waals surface area contributed by atoms with Crippen LogP contribution in [0.15, 0.2) is 56.9 Å². The number of carbonyl (C=O) groups is 1. The predicted octanol–water partition coefficient (Wildman–Crippen LogP) is 2.39. The van der Waals surface area contributed by atoms with Crippen molar-refractivity contribution in [3.05, 3.63) is 80.1 Å². The zero-order valence-electron chi connectivity index (χ0n) is 15.7. The van der Waals surface area contributed by atoms with E-state index in [1.165, 1.54) is 42.3 Å². The summed E-state index contributed by atoms with van der Waals surface area (Å²) in [4.78, 5) is 39.5. The Balaban J connectivity index is 2.03. The molecule has 150 valence electrons. The minimum Gasteiger partial charge on any atom is -0.469 e. The number of nitrogens with one attached hydrogen (secondary N) is 1. The fraction of sp³-hybridized carbons (Fsp3) is 0.211. The van der Waals surface area contributed by atoms with Gasteiger partial charge in [-0.15, -0.1) is 0 Å². The van der Waals surface area contributed by atoms with Crippen molar-refractivity contribution in [2.45, 2.75) is 19.9 Å². The van der Waals surface area contributed by atoms with Crippen molar-refractivity contribution in [2.24, 2.45) is 4.99 Å². The van der Waals surface area contributed by atoms with Crippen LogP contribution in [0.2, 0.25) is 0 Å². The molecule has 0 fully saturated rings. The highest BCUT2D eigenvalue weighted by Crippen LogP contribution is 2.16. The molecule has 0 saturated heterocycles. The number of aromatic amines is 1. The van der Waals surface area contributed by atoms with Crippen LogP contribution in [0.5, 0.6) is 0 Å². The summed E-state index contributed by atoms with van der Waals surface area (Å²) in [5.41, 5.74) is 0.846. The van der Waals surface area contributed by atoms with Crippen LogP contribution in [-0.4, -0.2) is 33.5 Å². The third-order valence-electron chi connectivity index (χ3n) is 4.25. The average molecular weight is 398 g/mol. The molecule has 0 atom stereocenters. The predicted molar refractivity (Wildman–Crippen MR) is 103 cm³/mol. The van der Waals surface area contributed by atoms with Crippen LogP contribution >= 0.6 is 0 Å². The average Bonchev–Trinajstić information content (AvgIpc) is 3.34. The van der Waals surface area contributed by atoms with Gasteiger partial charge >= 0.3 is 5.97 Å². The number of methoxy groups -OCH3 is 1. The lowest BCUT2D eigenvalue weighted by Gasteiger charge is -2.02. The van der Waals surface area contributed by atoms with Gasteiger partial charge in [0.25, 0.3) is 11.2 Å². The van der Waals surface area contributed by atoms with Crippen LogP contribution in [0.3, 0.4) is 0 Å². The van der Waals surface area contributed by atoms with Gasteiger partial charge in [-0.3, -0.25) is 29.8 Å². The number of hydrogen-bond acceptors (Lipinski definition) is 7. The number of H-pyrrole nitrogens is 1. The summed E-state index contributed by atoms with van der Waals surface area (Å²) in [5, 5.41) is 13.7. The monoisotopic (exact) mass is 398 g/mol. The van der Waals surface area contributed by atoms with E-state index in [4.69, 9.17) is 9.15 Å². The van der Waals surface area contributed by atoms with Crippen molar-refractivity contribution in [1.29, 1.82) is 0 Å². The number of aliphatic imine (C=N–C) groups is 1. The summed E-state index contributed by atoms with van der Waals surface area (Å²) in [5.74, 6) is 0.104. The third-order valence-corrected chi connectivity index (χ3v) is 4.25. The number of non-ortho nitro benzene ring substituents is 1. The highest BCUT2D eigenvalue weighted by Gasteiger charge is 2.20. The fourth-order valence-electron chi connectivity index (χ4n) is 2.78. The molecule has 2 aromatic heterocycles. The zero-order valence-corrected chi connectivity index (χ0v) is 15.7. The molecule has 10 nitrogen and oxygen atoms in total. The van der Waals surface area contributed by atoms with Crippen molar-refractivity contribution >= 4 is 17.4 Å². The number of ether oxygens (including phenoxy) is 1. The quantitative estimate of drug-likeness (QED) is 0.281. The van der Waals surface area contributed by atoms with Gasteiger partial charge in [-0.25, -0.2) is 4.68 Å². The number of furan rings is 1. The van der Waals surface area contributed by atoms with Crippen LogP contribution in [0.4, 0.5) is 5.69 Å². The minimum absolute atomic E-state index is 0.0976. The molecule has 0 aliphatic rings. The number of esters is 1. The largest absolute Gasteiger partial charge is 0.469 e. The Morgan fingerprint density at radius 1 is 1.31 bits per heavy atom. The van der Waals surface area contributed by atoms with Gasteiger partial charge in [-0.05, 0) is 31.2 Å². The summed E-state index contributed by atoms with van der Waals surface area (Å²) < 4.78 is 11.2. The molecule has 0 aliphatic heterocycles. The van der Waals surface area contributed by atoms with E-state index >= 15 is 0 Å². The van der Waals surface area contributed by atoms with Gasteiger partial charge in [-0.1, -0.05) is 0 Å². The second-order valence-corrected chi connectivity index (χ2v) is 6.11. The maximum absolute atomic E-state index is 13.0. The Labute approximate surface area is 164 Å². The summed E-state index contributed by atoms with van der Waals surface area (Å²) in [6.45, 7) is 1.90. The van der Waals surface area contributed by atoms with E-state index < -0.39 is 16.5 Å². The third kappa shape index (κ3) is 4.32. The van der Waals surface area contributed by atoms with Crippen molar-refractivity contribution in [1.82, 2.24) is 9.78 Å². The van der Waals surface area contributed by atoms with Gasteiger partial charge in [0, 0.05) is 17.8 Å². The first kappa shape index (κ1) is 19.8. The van der Waals surface area contributed by atoms with Crippen molar-refractivity contribution in [2.75, 3.05) is 7.11 Å². The molecule has 0 spiro atoms. The van der Waals surface area contributed by atoms with Crippen LogP contribution in [-0.2, 0) is 22.5 Å². The van der Waals surface area contributed by atoms with Crippen molar-refractivity contribution in [3.8, 4) is 5.69 Å². The van der Waals surface area contributed by atoms with Gasteiger partial charge in [0.05, 0.1) is 48.2 Å². The van der Waals surface area contributed by atoms with E-state index in [0.29, 0.717) is 22.9 Å². The van der Waals surface area contributed by atoms with E-state index in [2.05, 4.69) is 10.1 Å².